The predicted molar refractivity (Wildman–Crippen MR) is 92.9 cm³/mol. The number of carbonyl (C=O) groups is 1. The first-order valence-electron chi connectivity index (χ1n) is 7.27. The molecular weight excluding hydrogens is 366 g/mol. The van der Waals surface area contributed by atoms with Crippen LogP contribution in [0, 0.1) is 0 Å². The van der Waals surface area contributed by atoms with Crippen molar-refractivity contribution in [2.75, 3.05) is 20.4 Å². The van der Waals surface area contributed by atoms with Gasteiger partial charge in [-0.25, -0.2) is 17.5 Å². The molecule has 0 saturated carbocycles. The molecule has 136 valence electrons. The summed E-state index contributed by atoms with van der Waals surface area (Å²) in [6.07, 6.45) is 1.58. The summed E-state index contributed by atoms with van der Waals surface area (Å²) in [5, 5.41) is -0.212. The molecule has 0 aliphatic heterocycles. The van der Waals surface area contributed by atoms with Crippen LogP contribution in [0.4, 0.5) is 0 Å². The maximum Gasteiger partial charge on any atom is 0.338 e. The molecule has 1 aromatic carbocycles. The van der Waals surface area contributed by atoms with Crippen molar-refractivity contribution < 1.29 is 26.6 Å². The molecule has 1 heterocycles. The normalized spacial score (nSPS) is 13.0. The topological polar surface area (TPSA) is 93.9 Å². The van der Waals surface area contributed by atoms with Crippen molar-refractivity contribution >= 4 is 26.8 Å². The van der Waals surface area contributed by atoms with Gasteiger partial charge in [-0.3, -0.25) is 4.21 Å². The van der Waals surface area contributed by atoms with Crippen LogP contribution in [-0.2, 0) is 37.9 Å². The Morgan fingerprint density at radius 2 is 1.96 bits per heavy atom. The Kier molecular flexibility index (Phi) is 6.15. The minimum Gasteiger partial charge on any atom is -0.454 e. The molecule has 0 fully saturated rings. The molecule has 1 aromatic heterocycles. The van der Waals surface area contributed by atoms with E-state index in [1.54, 1.807) is 30.5 Å². The van der Waals surface area contributed by atoms with Gasteiger partial charge in [-0.15, -0.1) is 0 Å². The Bertz CT molecular complexity index is 886. The fraction of sp³-hybridized carbons (Fsp3) is 0.312. The Morgan fingerprint density at radius 3 is 2.60 bits per heavy atom. The highest BCUT2D eigenvalue weighted by Gasteiger charge is 2.21. The number of hydrogen-bond acceptors (Lipinski definition) is 6. The lowest BCUT2D eigenvalue weighted by Gasteiger charge is -2.08. The monoisotopic (exact) mass is 385 g/mol. The van der Waals surface area contributed by atoms with Gasteiger partial charge in [-0.1, -0.05) is 12.1 Å². The van der Waals surface area contributed by atoms with Gasteiger partial charge in [0, 0.05) is 36.9 Å². The van der Waals surface area contributed by atoms with E-state index in [0.717, 1.165) is 9.87 Å². The number of nitrogens with zero attached hydrogens (tertiary/aromatic N) is 1. The average Bonchev–Trinajstić information content (AvgIpc) is 3.01. The van der Waals surface area contributed by atoms with Crippen molar-refractivity contribution in [1.29, 1.82) is 0 Å². The highest BCUT2D eigenvalue weighted by molar-refractivity contribution is 7.88. The van der Waals surface area contributed by atoms with E-state index in [4.69, 9.17) is 9.15 Å². The number of carbonyl (C=O) groups excluding carboxylic acids is 1. The molecule has 7 nitrogen and oxygen atoms in total. The smallest absolute Gasteiger partial charge is 0.338 e. The molecule has 0 amide bonds. The first-order valence-corrected chi connectivity index (χ1v) is 10.4. The second-order valence-corrected chi connectivity index (χ2v) is 9.02. The third kappa shape index (κ3) is 5.00. The van der Waals surface area contributed by atoms with Gasteiger partial charge in [0.25, 0.3) is 10.0 Å². The molecule has 0 N–H and O–H groups in total. The Morgan fingerprint density at radius 1 is 1.24 bits per heavy atom. The molecular formula is C16H19NO6S2. The highest BCUT2D eigenvalue weighted by Crippen LogP contribution is 2.18. The van der Waals surface area contributed by atoms with E-state index in [2.05, 4.69) is 0 Å². The van der Waals surface area contributed by atoms with Gasteiger partial charge >= 0.3 is 5.97 Å². The lowest BCUT2D eigenvalue weighted by molar-refractivity contribution is 0.0440. The van der Waals surface area contributed by atoms with E-state index in [1.807, 2.05) is 0 Å². The van der Waals surface area contributed by atoms with Gasteiger partial charge in [0.05, 0.1) is 5.56 Å². The number of ether oxygens (including phenoxy) is 1. The van der Waals surface area contributed by atoms with Crippen LogP contribution in [0.2, 0.25) is 0 Å². The lowest BCUT2D eigenvalue weighted by atomic mass is 10.1. The predicted octanol–water partition coefficient (Wildman–Crippen LogP) is 1.77. The molecule has 1 unspecified atom stereocenters. The third-order valence-electron chi connectivity index (χ3n) is 3.25. The van der Waals surface area contributed by atoms with Crippen LogP contribution in [0.3, 0.4) is 0 Å². The molecule has 0 radical (unpaired) electrons. The van der Waals surface area contributed by atoms with E-state index in [0.29, 0.717) is 11.3 Å². The van der Waals surface area contributed by atoms with Gasteiger partial charge in [-0.05, 0) is 29.8 Å². The van der Waals surface area contributed by atoms with Gasteiger partial charge < -0.3 is 9.15 Å². The zero-order valence-corrected chi connectivity index (χ0v) is 15.7. The van der Waals surface area contributed by atoms with Crippen LogP contribution in [0.25, 0.3) is 0 Å². The molecule has 2 rings (SSSR count). The number of hydrogen-bond donors (Lipinski definition) is 0. The molecule has 9 heteroatoms. The van der Waals surface area contributed by atoms with Gasteiger partial charge in [0.15, 0.2) is 0 Å². The number of sulfonamides is 1. The molecule has 2 aromatic rings. The number of esters is 1. The summed E-state index contributed by atoms with van der Waals surface area (Å²) in [5.41, 5.74) is 1.10. The molecule has 25 heavy (non-hydrogen) atoms. The van der Waals surface area contributed by atoms with Crippen molar-refractivity contribution in [2.24, 2.45) is 0 Å². The first kappa shape index (κ1) is 19.4. The summed E-state index contributed by atoms with van der Waals surface area (Å²) in [4.78, 5) is 12.1. The fourth-order valence-corrected chi connectivity index (χ4v) is 3.46. The van der Waals surface area contributed by atoms with E-state index >= 15 is 0 Å². The van der Waals surface area contributed by atoms with Crippen LogP contribution in [0.15, 0.2) is 45.9 Å². The fourth-order valence-electron chi connectivity index (χ4n) is 2.00. The SMILES string of the molecule is CN(C)S(=O)(=O)c1ccc(COC(=O)c2cccc(CS(C)=O)c2)o1. The van der Waals surface area contributed by atoms with Crippen molar-refractivity contribution in [3.63, 3.8) is 0 Å². The van der Waals surface area contributed by atoms with Crippen molar-refractivity contribution in [3.05, 3.63) is 53.3 Å². The molecule has 1 atom stereocenters. The van der Waals surface area contributed by atoms with Crippen LogP contribution in [-0.4, -0.2) is 43.3 Å². The Labute approximate surface area is 149 Å². The van der Waals surface area contributed by atoms with Crippen LogP contribution in [0.5, 0.6) is 0 Å². The Balaban J connectivity index is 2.04. The zero-order chi connectivity index (χ0) is 18.6. The number of furan rings is 1. The van der Waals surface area contributed by atoms with Crippen molar-refractivity contribution in [2.45, 2.75) is 17.5 Å². The molecule has 0 saturated heterocycles. The van der Waals surface area contributed by atoms with E-state index in [-0.39, 0.29) is 17.5 Å². The summed E-state index contributed by atoms with van der Waals surface area (Å²) in [6.45, 7) is -0.189. The largest absolute Gasteiger partial charge is 0.454 e. The quantitative estimate of drug-likeness (QED) is 0.674. The molecule has 0 bridgehead atoms. The maximum absolute atomic E-state index is 12.1. The second-order valence-electron chi connectivity index (χ2n) is 5.50. The van der Waals surface area contributed by atoms with Crippen LogP contribution in [0.1, 0.15) is 21.7 Å². The summed E-state index contributed by atoms with van der Waals surface area (Å²) in [5.74, 6) is 0.00200. The first-order chi connectivity index (χ1) is 11.7. The molecule has 0 aliphatic carbocycles. The summed E-state index contributed by atoms with van der Waals surface area (Å²) in [7, 11) is -1.88. The second kappa shape index (κ2) is 7.94. The minimum absolute atomic E-state index is 0.189. The third-order valence-corrected chi connectivity index (χ3v) is 5.68. The van der Waals surface area contributed by atoms with Gasteiger partial charge in [0.1, 0.15) is 12.4 Å². The number of benzene rings is 1. The number of rotatable bonds is 7. The summed E-state index contributed by atoms with van der Waals surface area (Å²) >= 11 is 0. The highest BCUT2D eigenvalue weighted by atomic mass is 32.2. The Hall–Kier alpha value is -1.97. The van der Waals surface area contributed by atoms with Gasteiger partial charge in [0.2, 0.25) is 5.09 Å². The van der Waals surface area contributed by atoms with Gasteiger partial charge in [-0.2, -0.15) is 0 Å². The lowest BCUT2D eigenvalue weighted by Crippen LogP contribution is -2.21. The molecule has 0 aliphatic rings. The van der Waals surface area contributed by atoms with Crippen LogP contribution < -0.4 is 0 Å². The zero-order valence-electron chi connectivity index (χ0n) is 14.1. The van der Waals surface area contributed by atoms with E-state index < -0.39 is 26.8 Å². The van der Waals surface area contributed by atoms with Crippen molar-refractivity contribution in [1.82, 2.24) is 4.31 Å². The molecule has 0 spiro atoms. The minimum atomic E-state index is -3.67. The standard InChI is InChI=1S/C16H19NO6S2/c1-17(2)25(20,21)15-8-7-14(23-15)10-22-16(18)13-6-4-5-12(9-13)11-24(3)19/h4-9H,10-11H2,1-3H3. The van der Waals surface area contributed by atoms with Crippen molar-refractivity contribution in [3.8, 4) is 0 Å². The maximum atomic E-state index is 12.1. The van der Waals surface area contributed by atoms with E-state index in [9.17, 15) is 17.4 Å². The van der Waals surface area contributed by atoms with E-state index in [1.165, 1.54) is 26.2 Å². The summed E-state index contributed by atoms with van der Waals surface area (Å²) in [6, 6.07) is 9.44. The van der Waals surface area contributed by atoms with Crippen LogP contribution >= 0.6 is 0 Å². The summed E-state index contributed by atoms with van der Waals surface area (Å²) < 4.78 is 46.5. The average molecular weight is 385 g/mol.